The van der Waals surface area contributed by atoms with Gasteiger partial charge in [0.05, 0.1) is 12.7 Å². The fraction of sp³-hybridized carbons (Fsp3) is 0.455. The van der Waals surface area contributed by atoms with Crippen molar-refractivity contribution in [2.75, 3.05) is 13.4 Å². The molecule has 0 bridgehead atoms. The van der Waals surface area contributed by atoms with Gasteiger partial charge in [-0.3, -0.25) is 0 Å². The maximum absolute atomic E-state index is 5.42. The van der Waals surface area contributed by atoms with Crippen LogP contribution >= 0.6 is 0 Å². The molecule has 2 nitrogen and oxygen atoms in total. The molecule has 0 spiro atoms. The van der Waals surface area contributed by atoms with Crippen LogP contribution in [0.5, 0.6) is 0 Å². The van der Waals surface area contributed by atoms with Crippen molar-refractivity contribution in [3.8, 4) is 0 Å². The summed E-state index contributed by atoms with van der Waals surface area (Å²) >= 11 is 0. The summed E-state index contributed by atoms with van der Waals surface area (Å²) in [6.07, 6.45) is 0.260. The van der Waals surface area contributed by atoms with Gasteiger partial charge in [-0.15, -0.1) is 0 Å². The van der Waals surface area contributed by atoms with Crippen molar-refractivity contribution in [1.82, 2.24) is 0 Å². The summed E-state index contributed by atoms with van der Waals surface area (Å²) in [6.45, 7) is 3.30. The van der Waals surface area contributed by atoms with E-state index in [9.17, 15) is 0 Å². The summed E-state index contributed by atoms with van der Waals surface area (Å²) in [6, 6.07) is 10.4. The average molecular weight is 178 g/mol. The summed E-state index contributed by atoms with van der Waals surface area (Å²) in [5.74, 6) is 0.384. The lowest BCUT2D eigenvalue weighted by atomic mass is 9.95. The number of hydrogen-bond acceptors (Lipinski definition) is 2. The van der Waals surface area contributed by atoms with E-state index in [-0.39, 0.29) is 6.10 Å². The molecule has 1 fully saturated rings. The molecule has 1 saturated heterocycles. The summed E-state index contributed by atoms with van der Waals surface area (Å²) in [4.78, 5) is 0. The van der Waals surface area contributed by atoms with Crippen molar-refractivity contribution in [3.05, 3.63) is 35.9 Å². The smallest absolute Gasteiger partial charge is 0.147 e. The number of rotatable bonds is 1. The first-order valence-corrected chi connectivity index (χ1v) is 4.62. The maximum Gasteiger partial charge on any atom is 0.147 e. The topological polar surface area (TPSA) is 18.5 Å². The summed E-state index contributed by atoms with van der Waals surface area (Å²) in [5.41, 5.74) is 1.30. The van der Waals surface area contributed by atoms with E-state index in [1.165, 1.54) is 5.56 Å². The maximum atomic E-state index is 5.42. The zero-order valence-electron chi connectivity index (χ0n) is 7.77. The molecule has 1 aliphatic rings. The van der Waals surface area contributed by atoms with Gasteiger partial charge in [-0.2, -0.15) is 0 Å². The highest BCUT2D eigenvalue weighted by atomic mass is 16.7. The molecule has 0 N–H and O–H groups in total. The number of ether oxygens (including phenoxy) is 2. The highest BCUT2D eigenvalue weighted by Gasteiger charge is 2.23. The van der Waals surface area contributed by atoms with Crippen molar-refractivity contribution < 1.29 is 9.47 Å². The third-order valence-corrected chi connectivity index (χ3v) is 2.51. The van der Waals surface area contributed by atoms with E-state index in [1.54, 1.807) is 0 Å². The standard InChI is InChI=1S/C11H14O2/c1-9-11(7-12-8-13-9)10-5-3-2-4-6-10/h2-6,9,11H,7-8H2,1H3. The van der Waals surface area contributed by atoms with Crippen LogP contribution in [0.1, 0.15) is 18.4 Å². The van der Waals surface area contributed by atoms with E-state index in [0.29, 0.717) is 12.7 Å². The van der Waals surface area contributed by atoms with E-state index in [1.807, 2.05) is 6.07 Å². The van der Waals surface area contributed by atoms with E-state index in [0.717, 1.165) is 6.61 Å². The van der Waals surface area contributed by atoms with E-state index < -0.39 is 0 Å². The van der Waals surface area contributed by atoms with Crippen LogP contribution in [0.3, 0.4) is 0 Å². The molecular formula is C11H14O2. The van der Waals surface area contributed by atoms with Gasteiger partial charge >= 0.3 is 0 Å². The molecule has 0 aromatic heterocycles. The largest absolute Gasteiger partial charge is 0.355 e. The second kappa shape index (κ2) is 3.90. The van der Waals surface area contributed by atoms with Gasteiger partial charge in [-0.25, -0.2) is 0 Å². The molecule has 2 heteroatoms. The molecule has 1 aromatic rings. The molecule has 2 unspecified atom stereocenters. The lowest BCUT2D eigenvalue weighted by Crippen LogP contribution is -2.30. The minimum absolute atomic E-state index is 0.260. The van der Waals surface area contributed by atoms with E-state index >= 15 is 0 Å². The lowest BCUT2D eigenvalue weighted by molar-refractivity contribution is -0.144. The Hall–Kier alpha value is -0.860. The third-order valence-electron chi connectivity index (χ3n) is 2.51. The zero-order valence-corrected chi connectivity index (χ0v) is 7.77. The second-order valence-corrected chi connectivity index (χ2v) is 3.38. The molecule has 0 aliphatic carbocycles. The minimum Gasteiger partial charge on any atom is -0.355 e. The van der Waals surface area contributed by atoms with Gasteiger partial charge in [0, 0.05) is 5.92 Å². The Morgan fingerprint density at radius 3 is 2.69 bits per heavy atom. The van der Waals surface area contributed by atoms with Crippen LogP contribution in [0, 0.1) is 0 Å². The molecule has 70 valence electrons. The molecular weight excluding hydrogens is 164 g/mol. The molecule has 13 heavy (non-hydrogen) atoms. The van der Waals surface area contributed by atoms with Gasteiger partial charge < -0.3 is 9.47 Å². The predicted octanol–water partition coefficient (Wildman–Crippen LogP) is 2.16. The quantitative estimate of drug-likeness (QED) is 0.656. The van der Waals surface area contributed by atoms with Crippen molar-refractivity contribution in [1.29, 1.82) is 0 Å². The molecule has 0 radical (unpaired) electrons. The number of hydrogen-bond donors (Lipinski definition) is 0. The lowest BCUT2D eigenvalue weighted by Gasteiger charge is -2.29. The highest BCUT2D eigenvalue weighted by molar-refractivity contribution is 5.20. The predicted molar refractivity (Wildman–Crippen MR) is 50.5 cm³/mol. The Labute approximate surface area is 78.5 Å². The molecule has 2 atom stereocenters. The fourth-order valence-electron chi connectivity index (χ4n) is 1.65. The Morgan fingerprint density at radius 2 is 2.00 bits per heavy atom. The van der Waals surface area contributed by atoms with Crippen molar-refractivity contribution >= 4 is 0 Å². The van der Waals surface area contributed by atoms with Gasteiger partial charge in [0.15, 0.2) is 0 Å². The summed E-state index contributed by atoms with van der Waals surface area (Å²) in [7, 11) is 0. The Morgan fingerprint density at radius 1 is 1.23 bits per heavy atom. The van der Waals surface area contributed by atoms with Crippen LogP contribution in [0.4, 0.5) is 0 Å². The SMILES string of the molecule is CC1OCOCC1c1ccccc1. The summed E-state index contributed by atoms with van der Waals surface area (Å²) < 4.78 is 10.7. The van der Waals surface area contributed by atoms with Gasteiger partial charge in [0.2, 0.25) is 0 Å². The highest BCUT2D eigenvalue weighted by Crippen LogP contribution is 2.24. The Kier molecular flexibility index (Phi) is 2.62. The van der Waals surface area contributed by atoms with Crippen molar-refractivity contribution in [2.45, 2.75) is 18.9 Å². The Balaban J connectivity index is 2.15. The van der Waals surface area contributed by atoms with Crippen LogP contribution in [0.15, 0.2) is 30.3 Å². The minimum atomic E-state index is 0.260. The Bertz CT molecular complexity index is 258. The first-order chi connectivity index (χ1) is 6.38. The molecule has 0 amide bonds. The second-order valence-electron chi connectivity index (χ2n) is 3.38. The normalized spacial score (nSPS) is 28.7. The van der Waals surface area contributed by atoms with E-state index in [2.05, 4.69) is 31.2 Å². The molecule has 1 aliphatic heterocycles. The van der Waals surface area contributed by atoms with Crippen LogP contribution in [-0.4, -0.2) is 19.5 Å². The third kappa shape index (κ3) is 1.90. The van der Waals surface area contributed by atoms with Crippen molar-refractivity contribution in [3.63, 3.8) is 0 Å². The van der Waals surface area contributed by atoms with Crippen LogP contribution in [0.25, 0.3) is 0 Å². The van der Waals surface area contributed by atoms with Gasteiger partial charge in [-0.05, 0) is 12.5 Å². The average Bonchev–Trinajstić information content (AvgIpc) is 2.20. The van der Waals surface area contributed by atoms with Crippen molar-refractivity contribution in [2.24, 2.45) is 0 Å². The molecule has 0 saturated carbocycles. The molecule has 2 rings (SSSR count). The number of benzene rings is 1. The first-order valence-electron chi connectivity index (χ1n) is 4.62. The van der Waals surface area contributed by atoms with Gasteiger partial charge in [0.1, 0.15) is 6.79 Å². The van der Waals surface area contributed by atoms with Crippen LogP contribution in [0.2, 0.25) is 0 Å². The fourth-order valence-corrected chi connectivity index (χ4v) is 1.65. The molecule has 1 heterocycles. The monoisotopic (exact) mass is 178 g/mol. The van der Waals surface area contributed by atoms with E-state index in [4.69, 9.17) is 9.47 Å². The van der Waals surface area contributed by atoms with Gasteiger partial charge in [-0.1, -0.05) is 30.3 Å². The van der Waals surface area contributed by atoms with Gasteiger partial charge in [0.25, 0.3) is 0 Å². The van der Waals surface area contributed by atoms with Crippen LogP contribution < -0.4 is 0 Å². The zero-order chi connectivity index (χ0) is 9.10. The molecule has 1 aromatic carbocycles. The summed E-state index contributed by atoms with van der Waals surface area (Å²) in [5, 5.41) is 0. The van der Waals surface area contributed by atoms with Crippen LogP contribution in [-0.2, 0) is 9.47 Å². The first kappa shape index (κ1) is 8.73.